The van der Waals surface area contributed by atoms with E-state index in [0.717, 1.165) is 16.9 Å². The number of halogens is 1. The van der Waals surface area contributed by atoms with Crippen LogP contribution in [0.5, 0.6) is 5.75 Å². The van der Waals surface area contributed by atoms with Crippen LogP contribution in [0.2, 0.25) is 5.02 Å². The number of rotatable bonds is 6. The van der Waals surface area contributed by atoms with Crippen molar-refractivity contribution in [3.8, 4) is 5.75 Å². The lowest BCUT2D eigenvalue weighted by molar-refractivity contribution is 0.0959. The molecule has 126 valence electrons. The molecule has 0 saturated heterocycles. The second kappa shape index (κ2) is 8.46. The fraction of sp³-hybridized carbons (Fsp3) is 0.0526. The Bertz CT molecular complexity index is 844. The minimum atomic E-state index is -0.214. The lowest BCUT2D eigenvalue weighted by Gasteiger charge is -2.06. The molecule has 1 aromatic heterocycles. The van der Waals surface area contributed by atoms with E-state index in [1.165, 1.54) is 11.3 Å². The van der Waals surface area contributed by atoms with Crippen molar-refractivity contribution in [2.24, 2.45) is 5.10 Å². The van der Waals surface area contributed by atoms with E-state index in [0.29, 0.717) is 16.5 Å². The predicted molar refractivity (Wildman–Crippen MR) is 102 cm³/mol. The summed E-state index contributed by atoms with van der Waals surface area (Å²) >= 11 is 7.23. The Labute approximate surface area is 154 Å². The molecule has 3 aromatic rings. The number of nitrogens with zero attached hydrogens (tertiary/aromatic N) is 1. The van der Waals surface area contributed by atoms with Crippen LogP contribution < -0.4 is 10.2 Å². The summed E-state index contributed by atoms with van der Waals surface area (Å²) in [4.78, 5) is 12.4. The van der Waals surface area contributed by atoms with Crippen LogP contribution in [0.4, 0.5) is 0 Å². The highest BCUT2D eigenvalue weighted by Gasteiger charge is 2.03. The molecular formula is C19H15ClN2O2S. The number of hydrazone groups is 1. The summed E-state index contributed by atoms with van der Waals surface area (Å²) in [5.41, 5.74) is 4.41. The summed E-state index contributed by atoms with van der Waals surface area (Å²) in [5, 5.41) is 6.51. The van der Waals surface area contributed by atoms with Gasteiger partial charge < -0.3 is 4.74 Å². The Morgan fingerprint density at radius 3 is 2.56 bits per heavy atom. The van der Waals surface area contributed by atoms with Crippen molar-refractivity contribution in [3.63, 3.8) is 0 Å². The first-order chi connectivity index (χ1) is 12.2. The maximum absolute atomic E-state index is 11.7. The third-order valence-electron chi connectivity index (χ3n) is 3.32. The van der Waals surface area contributed by atoms with E-state index < -0.39 is 0 Å². The van der Waals surface area contributed by atoms with Gasteiger partial charge in [0.25, 0.3) is 5.91 Å². The van der Waals surface area contributed by atoms with Crippen molar-refractivity contribution in [3.05, 3.63) is 87.1 Å². The van der Waals surface area contributed by atoms with E-state index in [1.807, 2.05) is 60.0 Å². The molecule has 0 atom stereocenters. The van der Waals surface area contributed by atoms with Gasteiger partial charge in [0.2, 0.25) is 0 Å². The van der Waals surface area contributed by atoms with Gasteiger partial charge in [-0.05, 0) is 59.0 Å². The smallest absolute Gasteiger partial charge is 0.281 e. The average Bonchev–Trinajstić information content (AvgIpc) is 3.17. The maximum Gasteiger partial charge on any atom is 0.281 e. The zero-order valence-corrected chi connectivity index (χ0v) is 14.8. The van der Waals surface area contributed by atoms with Crippen LogP contribution >= 0.6 is 22.9 Å². The first-order valence-electron chi connectivity index (χ1n) is 7.55. The van der Waals surface area contributed by atoms with Gasteiger partial charge in [0.15, 0.2) is 0 Å². The topological polar surface area (TPSA) is 50.7 Å². The van der Waals surface area contributed by atoms with Crippen molar-refractivity contribution in [2.75, 3.05) is 0 Å². The zero-order valence-electron chi connectivity index (χ0n) is 13.2. The number of thiophene rings is 1. The number of hydrogen-bond acceptors (Lipinski definition) is 4. The summed E-state index contributed by atoms with van der Waals surface area (Å²) in [6.45, 7) is 0.474. The van der Waals surface area contributed by atoms with E-state index in [-0.39, 0.29) is 5.91 Å². The number of amides is 1. The molecule has 6 heteroatoms. The predicted octanol–water partition coefficient (Wildman–Crippen LogP) is 4.74. The molecule has 0 spiro atoms. The standard InChI is InChI=1S/C19H15ClN2O2S/c20-16-7-3-15(4-8-16)13-24-17-9-5-14(6-10-17)12-21-22-19(23)18-2-1-11-25-18/h1-12H,13H2,(H,22,23)/b21-12-. The van der Waals surface area contributed by atoms with Gasteiger partial charge in [0, 0.05) is 5.02 Å². The minimum Gasteiger partial charge on any atom is -0.489 e. The zero-order chi connectivity index (χ0) is 17.5. The average molecular weight is 371 g/mol. The Hall–Kier alpha value is -2.63. The van der Waals surface area contributed by atoms with E-state index in [2.05, 4.69) is 10.5 Å². The Morgan fingerprint density at radius 1 is 1.12 bits per heavy atom. The van der Waals surface area contributed by atoms with Gasteiger partial charge in [-0.25, -0.2) is 5.43 Å². The normalized spacial score (nSPS) is 10.8. The Morgan fingerprint density at radius 2 is 1.88 bits per heavy atom. The fourth-order valence-electron chi connectivity index (χ4n) is 2.03. The lowest BCUT2D eigenvalue weighted by atomic mass is 10.2. The molecule has 1 N–H and O–H groups in total. The summed E-state index contributed by atoms with van der Waals surface area (Å²) in [5.74, 6) is 0.545. The molecule has 0 aliphatic heterocycles. The van der Waals surface area contributed by atoms with Crippen LogP contribution in [-0.2, 0) is 6.61 Å². The summed E-state index contributed by atoms with van der Waals surface area (Å²) in [7, 11) is 0. The molecule has 0 unspecified atom stereocenters. The van der Waals surface area contributed by atoms with Crippen molar-refractivity contribution >= 4 is 35.1 Å². The van der Waals surface area contributed by atoms with Crippen LogP contribution in [0.15, 0.2) is 71.1 Å². The molecule has 1 amide bonds. The molecule has 0 radical (unpaired) electrons. The van der Waals surface area contributed by atoms with Gasteiger partial charge in [-0.2, -0.15) is 5.10 Å². The summed E-state index contributed by atoms with van der Waals surface area (Å²) in [6, 6.07) is 18.6. The van der Waals surface area contributed by atoms with E-state index >= 15 is 0 Å². The minimum absolute atomic E-state index is 0.214. The highest BCUT2D eigenvalue weighted by molar-refractivity contribution is 7.12. The molecule has 25 heavy (non-hydrogen) atoms. The van der Waals surface area contributed by atoms with Crippen LogP contribution in [-0.4, -0.2) is 12.1 Å². The number of nitrogens with one attached hydrogen (secondary N) is 1. The molecule has 0 aliphatic carbocycles. The molecule has 1 heterocycles. The van der Waals surface area contributed by atoms with Crippen LogP contribution in [0.25, 0.3) is 0 Å². The molecule has 0 saturated carbocycles. The maximum atomic E-state index is 11.7. The number of carbonyl (C=O) groups excluding carboxylic acids is 1. The molecule has 4 nitrogen and oxygen atoms in total. The molecule has 0 bridgehead atoms. The quantitative estimate of drug-likeness (QED) is 0.503. The lowest BCUT2D eigenvalue weighted by Crippen LogP contribution is -2.16. The largest absolute Gasteiger partial charge is 0.489 e. The second-order valence-electron chi connectivity index (χ2n) is 5.16. The summed E-state index contributed by atoms with van der Waals surface area (Å²) in [6.07, 6.45) is 1.59. The first-order valence-corrected chi connectivity index (χ1v) is 8.81. The van der Waals surface area contributed by atoms with Crippen LogP contribution in [0.1, 0.15) is 20.8 Å². The van der Waals surface area contributed by atoms with Crippen LogP contribution in [0.3, 0.4) is 0 Å². The van der Waals surface area contributed by atoms with Gasteiger partial charge in [0.1, 0.15) is 12.4 Å². The van der Waals surface area contributed by atoms with E-state index in [1.54, 1.807) is 12.3 Å². The third kappa shape index (κ3) is 5.17. The van der Waals surface area contributed by atoms with Crippen molar-refractivity contribution in [1.29, 1.82) is 0 Å². The van der Waals surface area contributed by atoms with Crippen LogP contribution in [0, 0.1) is 0 Å². The van der Waals surface area contributed by atoms with Crippen molar-refractivity contribution < 1.29 is 9.53 Å². The molecule has 0 fully saturated rings. The highest BCUT2D eigenvalue weighted by Crippen LogP contribution is 2.15. The Kier molecular flexibility index (Phi) is 5.82. The van der Waals surface area contributed by atoms with Gasteiger partial charge in [0.05, 0.1) is 11.1 Å². The number of ether oxygens (including phenoxy) is 1. The van der Waals surface area contributed by atoms with Gasteiger partial charge in [-0.3, -0.25) is 4.79 Å². The monoisotopic (exact) mass is 370 g/mol. The van der Waals surface area contributed by atoms with Gasteiger partial charge >= 0.3 is 0 Å². The van der Waals surface area contributed by atoms with Gasteiger partial charge in [-0.1, -0.05) is 29.8 Å². The third-order valence-corrected chi connectivity index (χ3v) is 4.44. The number of hydrogen-bond donors (Lipinski definition) is 1. The number of carbonyl (C=O) groups is 1. The van der Waals surface area contributed by atoms with Gasteiger partial charge in [-0.15, -0.1) is 11.3 Å². The Balaban J connectivity index is 1.50. The molecule has 0 aliphatic rings. The SMILES string of the molecule is O=C(N/N=C\c1ccc(OCc2ccc(Cl)cc2)cc1)c1cccs1. The molecular weight excluding hydrogens is 356 g/mol. The summed E-state index contributed by atoms with van der Waals surface area (Å²) < 4.78 is 5.72. The first kappa shape index (κ1) is 17.2. The van der Waals surface area contributed by atoms with E-state index in [9.17, 15) is 4.79 Å². The molecule has 3 rings (SSSR count). The number of benzene rings is 2. The fourth-order valence-corrected chi connectivity index (χ4v) is 2.77. The highest BCUT2D eigenvalue weighted by atomic mass is 35.5. The second-order valence-corrected chi connectivity index (χ2v) is 6.54. The van der Waals surface area contributed by atoms with Crippen molar-refractivity contribution in [1.82, 2.24) is 5.43 Å². The van der Waals surface area contributed by atoms with Crippen molar-refractivity contribution in [2.45, 2.75) is 6.61 Å². The van der Waals surface area contributed by atoms with E-state index in [4.69, 9.17) is 16.3 Å². The molecule has 2 aromatic carbocycles.